The minimum Gasteiger partial charge on any atom is -0.208 e. The molecule has 0 fully saturated rings. The maximum atomic E-state index is 5.27. The molecule has 8 aromatic carbocycles. The highest BCUT2D eigenvalue weighted by Gasteiger charge is 2.51. The van der Waals surface area contributed by atoms with Crippen LogP contribution in [0.5, 0.6) is 0 Å². The van der Waals surface area contributed by atoms with Crippen LogP contribution in [0.2, 0.25) is 0 Å². The second-order valence-corrected chi connectivity index (χ2v) is 14.3. The SMILES string of the molecule is c1ccc(-c2cccc(-c3nc(-c4cccc(-c5ccccc5)c4)nc(-c4ccc5c(c4)C4(c6ccccc6-c6ccccc64)c4ccccc4-5)n3)c2)cc1. The van der Waals surface area contributed by atoms with Crippen LogP contribution in [0, 0.1) is 0 Å². The van der Waals surface area contributed by atoms with E-state index in [1.165, 1.54) is 44.5 Å². The van der Waals surface area contributed by atoms with Crippen molar-refractivity contribution in [2.75, 3.05) is 0 Å². The second kappa shape index (κ2) is 12.4. The Labute approximate surface area is 320 Å². The van der Waals surface area contributed by atoms with Crippen LogP contribution in [0.25, 0.3) is 78.7 Å². The van der Waals surface area contributed by atoms with Gasteiger partial charge in [0.25, 0.3) is 0 Å². The first-order valence-corrected chi connectivity index (χ1v) is 18.8. The molecular weight excluding hydrogens is 667 g/mol. The Morgan fingerprint density at radius 2 is 0.582 bits per heavy atom. The van der Waals surface area contributed by atoms with Gasteiger partial charge in [0.15, 0.2) is 17.5 Å². The zero-order valence-electron chi connectivity index (χ0n) is 29.9. The Hall–Kier alpha value is -7.23. The molecule has 0 unspecified atom stereocenters. The van der Waals surface area contributed by atoms with Crippen molar-refractivity contribution < 1.29 is 0 Å². The van der Waals surface area contributed by atoms with Crippen molar-refractivity contribution in [1.82, 2.24) is 15.0 Å². The summed E-state index contributed by atoms with van der Waals surface area (Å²) in [5, 5.41) is 0. The van der Waals surface area contributed by atoms with Crippen molar-refractivity contribution in [3.05, 3.63) is 222 Å². The summed E-state index contributed by atoms with van der Waals surface area (Å²) in [6.07, 6.45) is 0. The fourth-order valence-electron chi connectivity index (χ4n) is 8.93. The lowest BCUT2D eigenvalue weighted by molar-refractivity contribution is 0.794. The van der Waals surface area contributed by atoms with Gasteiger partial charge < -0.3 is 0 Å². The number of benzene rings is 8. The maximum absolute atomic E-state index is 5.27. The van der Waals surface area contributed by atoms with Crippen LogP contribution in [-0.2, 0) is 5.41 Å². The smallest absolute Gasteiger partial charge is 0.164 e. The number of rotatable bonds is 5. The topological polar surface area (TPSA) is 38.7 Å². The molecule has 2 aliphatic rings. The van der Waals surface area contributed by atoms with E-state index >= 15 is 0 Å². The van der Waals surface area contributed by atoms with Crippen molar-refractivity contribution in [3.63, 3.8) is 0 Å². The largest absolute Gasteiger partial charge is 0.208 e. The van der Waals surface area contributed by atoms with Crippen LogP contribution in [0.1, 0.15) is 22.3 Å². The van der Waals surface area contributed by atoms with Gasteiger partial charge in [-0.2, -0.15) is 0 Å². The van der Waals surface area contributed by atoms with Gasteiger partial charge in [-0.1, -0.05) is 182 Å². The Morgan fingerprint density at radius 3 is 1.04 bits per heavy atom. The fourth-order valence-corrected chi connectivity index (χ4v) is 8.93. The summed E-state index contributed by atoms with van der Waals surface area (Å²) in [5.74, 6) is 1.92. The van der Waals surface area contributed by atoms with E-state index in [1.54, 1.807) is 0 Å². The first kappa shape index (κ1) is 31.3. The minimum absolute atomic E-state index is 0.457. The third kappa shape index (κ3) is 4.87. The molecule has 1 spiro atoms. The van der Waals surface area contributed by atoms with Crippen LogP contribution in [0.3, 0.4) is 0 Å². The quantitative estimate of drug-likeness (QED) is 0.179. The second-order valence-electron chi connectivity index (χ2n) is 14.3. The molecule has 1 heterocycles. The van der Waals surface area contributed by atoms with Gasteiger partial charge in [0.2, 0.25) is 0 Å². The molecule has 0 amide bonds. The molecule has 0 aliphatic heterocycles. The van der Waals surface area contributed by atoms with E-state index in [1.807, 2.05) is 12.1 Å². The van der Waals surface area contributed by atoms with Crippen molar-refractivity contribution in [2.24, 2.45) is 0 Å². The molecule has 1 aromatic heterocycles. The molecule has 11 rings (SSSR count). The van der Waals surface area contributed by atoms with Crippen molar-refractivity contribution in [2.45, 2.75) is 5.41 Å². The predicted octanol–water partition coefficient (Wildman–Crippen LogP) is 12.6. The van der Waals surface area contributed by atoms with Crippen LogP contribution in [-0.4, -0.2) is 15.0 Å². The van der Waals surface area contributed by atoms with Crippen LogP contribution >= 0.6 is 0 Å². The van der Waals surface area contributed by atoms with E-state index in [9.17, 15) is 0 Å². The van der Waals surface area contributed by atoms with E-state index in [2.05, 4.69) is 188 Å². The van der Waals surface area contributed by atoms with E-state index in [0.717, 1.165) is 38.9 Å². The number of hydrogen-bond donors (Lipinski definition) is 0. The molecule has 256 valence electrons. The highest BCUT2D eigenvalue weighted by molar-refractivity contribution is 5.95. The Kier molecular flexibility index (Phi) is 7.08. The average molecular weight is 700 g/mol. The monoisotopic (exact) mass is 699 g/mol. The van der Waals surface area contributed by atoms with Gasteiger partial charge in [-0.3, -0.25) is 0 Å². The lowest BCUT2D eigenvalue weighted by Crippen LogP contribution is -2.25. The summed E-state index contributed by atoms with van der Waals surface area (Å²) >= 11 is 0. The first-order chi connectivity index (χ1) is 27.3. The van der Waals surface area contributed by atoms with Crippen LogP contribution in [0.4, 0.5) is 0 Å². The van der Waals surface area contributed by atoms with Gasteiger partial charge in [-0.15, -0.1) is 0 Å². The summed E-state index contributed by atoms with van der Waals surface area (Å²) < 4.78 is 0. The Morgan fingerprint density at radius 1 is 0.236 bits per heavy atom. The van der Waals surface area contributed by atoms with E-state index in [4.69, 9.17) is 15.0 Å². The lowest BCUT2D eigenvalue weighted by Gasteiger charge is -2.30. The lowest BCUT2D eigenvalue weighted by atomic mass is 9.70. The Balaban J connectivity index is 1.14. The Bertz CT molecular complexity index is 2770. The first-order valence-electron chi connectivity index (χ1n) is 18.8. The van der Waals surface area contributed by atoms with Crippen molar-refractivity contribution in [1.29, 1.82) is 0 Å². The molecule has 3 nitrogen and oxygen atoms in total. The minimum atomic E-state index is -0.457. The zero-order valence-corrected chi connectivity index (χ0v) is 29.9. The van der Waals surface area contributed by atoms with Crippen molar-refractivity contribution >= 4 is 0 Å². The summed E-state index contributed by atoms with van der Waals surface area (Å²) in [4.78, 5) is 15.7. The molecular formula is C52H33N3. The zero-order chi connectivity index (χ0) is 36.3. The van der Waals surface area contributed by atoms with Gasteiger partial charge in [0.05, 0.1) is 5.41 Å². The van der Waals surface area contributed by atoms with Crippen molar-refractivity contribution in [3.8, 4) is 78.7 Å². The molecule has 9 aromatic rings. The number of hydrogen-bond acceptors (Lipinski definition) is 3. The molecule has 55 heavy (non-hydrogen) atoms. The van der Waals surface area contributed by atoms with E-state index in [-0.39, 0.29) is 0 Å². The maximum Gasteiger partial charge on any atom is 0.164 e. The normalized spacial score (nSPS) is 12.9. The average Bonchev–Trinajstić information content (AvgIpc) is 3.74. The molecule has 0 bridgehead atoms. The van der Waals surface area contributed by atoms with Crippen LogP contribution in [0.15, 0.2) is 200 Å². The molecule has 0 saturated carbocycles. The highest BCUT2D eigenvalue weighted by Crippen LogP contribution is 2.63. The van der Waals surface area contributed by atoms with Gasteiger partial charge in [-0.25, -0.2) is 15.0 Å². The van der Waals surface area contributed by atoms with Gasteiger partial charge in [-0.05, 0) is 85.0 Å². The number of fused-ring (bicyclic) bond motifs is 10. The molecule has 2 aliphatic carbocycles. The number of nitrogens with zero attached hydrogens (tertiary/aromatic N) is 3. The van der Waals surface area contributed by atoms with Gasteiger partial charge >= 0.3 is 0 Å². The van der Waals surface area contributed by atoms with E-state index in [0.29, 0.717) is 17.5 Å². The highest BCUT2D eigenvalue weighted by atomic mass is 15.0. The molecule has 3 heteroatoms. The molecule has 0 N–H and O–H groups in total. The predicted molar refractivity (Wildman–Crippen MR) is 223 cm³/mol. The fraction of sp³-hybridized carbons (Fsp3) is 0.0192. The summed E-state index contributed by atoms with van der Waals surface area (Å²) in [7, 11) is 0. The summed E-state index contributed by atoms with van der Waals surface area (Å²) in [6, 6.07) is 71.4. The molecule has 0 atom stereocenters. The third-order valence-corrected chi connectivity index (χ3v) is 11.3. The molecule has 0 saturated heterocycles. The standard InChI is InChI=1S/C52H33N3/c1-3-15-34(16-4-1)36-19-13-21-38(31-36)49-53-50(39-22-14-20-37(32-39)35-17-5-2-6-18-35)55-51(54-49)40-29-30-44-43-25-9-12-28-47(43)52(48(44)33-40)45-26-10-7-23-41(45)42-24-8-11-27-46(42)52/h1-33H. The van der Waals surface area contributed by atoms with Crippen LogP contribution < -0.4 is 0 Å². The summed E-state index contributed by atoms with van der Waals surface area (Å²) in [5.41, 5.74) is 17.2. The third-order valence-electron chi connectivity index (χ3n) is 11.3. The molecule has 0 radical (unpaired) electrons. The number of aromatic nitrogens is 3. The van der Waals surface area contributed by atoms with Gasteiger partial charge in [0, 0.05) is 16.7 Å². The van der Waals surface area contributed by atoms with E-state index < -0.39 is 5.41 Å². The van der Waals surface area contributed by atoms with Gasteiger partial charge in [0.1, 0.15) is 0 Å². The summed E-state index contributed by atoms with van der Waals surface area (Å²) in [6.45, 7) is 0.